The average molecular weight is 253 g/mol. The Hall–Kier alpha value is -0.750. The maximum absolute atomic E-state index is 5.86. The van der Waals surface area contributed by atoms with Crippen molar-refractivity contribution in [3.63, 3.8) is 0 Å². The van der Waals surface area contributed by atoms with Crippen LogP contribution in [0.3, 0.4) is 0 Å². The average Bonchev–Trinajstić information content (AvgIpc) is 2.05. The van der Waals surface area contributed by atoms with E-state index in [1.165, 1.54) is 0 Å². The number of hydrogen-bond donors (Lipinski definition) is 0. The van der Waals surface area contributed by atoms with Gasteiger partial charge in [0.25, 0.3) is 0 Å². The summed E-state index contributed by atoms with van der Waals surface area (Å²) in [5.41, 5.74) is -0.423. The van der Waals surface area contributed by atoms with E-state index in [0.717, 1.165) is 16.8 Å². The molecule has 0 heterocycles. The molecule has 0 aliphatic heterocycles. The van der Waals surface area contributed by atoms with Crippen LogP contribution in [0.25, 0.3) is 0 Å². The molecule has 3 heteroatoms. The minimum Gasteiger partial charge on any atom is -0.521 e. The molecule has 0 aliphatic carbocycles. The summed E-state index contributed by atoms with van der Waals surface area (Å²) < 4.78 is 11.7. The van der Waals surface area contributed by atoms with E-state index < -0.39 is 0 Å². The Morgan fingerprint density at radius 1 is 0.882 bits per heavy atom. The summed E-state index contributed by atoms with van der Waals surface area (Å²) in [6, 6.07) is 5.79. The Labute approximate surface area is 107 Å². The highest BCUT2D eigenvalue weighted by molar-refractivity contribution is 7.27. The molecule has 1 aromatic rings. The highest BCUT2D eigenvalue weighted by atomic mass is 31.0. The molecule has 0 aromatic heterocycles. The van der Waals surface area contributed by atoms with Crippen molar-refractivity contribution < 1.29 is 9.47 Å². The summed E-state index contributed by atoms with van der Waals surface area (Å²) in [6.07, 6.45) is 0. The van der Waals surface area contributed by atoms with Crippen LogP contribution >= 0.6 is 9.24 Å². The minimum atomic E-state index is -0.220. The highest BCUT2D eigenvalue weighted by Crippen LogP contribution is 2.25. The van der Waals surface area contributed by atoms with Gasteiger partial charge in [0, 0.05) is 6.07 Å². The summed E-state index contributed by atoms with van der Waals surface area (Å²) in [6.45, 7) is 12.2. The second-order valence-corrected chi connectivity index (χ2v) is 6.63. The van der Waals surface area contributed by atoms with Crippen LogP contribution in [-0.4, -0.2) is 11.2 Å². The fourth-order valence-electron chi connectivity index (χ4n) is 1.33. The van der Waals surface area contributed by atoms with Crippen molar-refractivity contribution in [3.05, 3.63) is 18.2 Å². The van der Waals surface area contributed by atoms with Gasteiger partial charge in [-0.1, -0.05) is 6.07 Å². The minimum absolute atomic E-state index is 0.202. The number of benzene rings is 1. The van der Waals surface area contributed by atoms with Crippen LogP contribution in [0, 0.1) is 0 Å². The topological polar surface area (TPSA) is 18.5 Å². The molecule has 96 valence electrons. The van der Waals surface area contributed by atoms with Gasteiger partial charge >= 0.3 is 0 Å². The molecule has 1 rings (SSSR count). The Morgan fingerprint density at radius 3 is 1.88 bits per heavy atom. The van der Waals surface area contributed by atoms with E-state index in [1.807, 2.05) is 59.7 Å². The van der Waals surface area contributed by atoms with Gasteiger partial charge in [0.1, 0.15) is 17.0 Å². The summed E-state index contributed by atoms with van der Waals surface area (Å²) in [5, 5.41) is 0.932. The molecule has 0 amide bonds. The van der Waals surface area contributed by atoms with Gasteiger partial charge in [-0.25, -0.2) is 0 Å². The van der Waals surface area contributed by atoms with E-state index in [0.29, 0.717) is 0 Å². The van der Waals surface area contributed by atoms with E-state index in [9.17, 15) is 0 Å². The van der Waals surface area contributed by atoms with Crippen molar-refractivity contribution in [2.75, 3.05) is 0 Å². The van der Waals surface area contributed by atoms with E-state index in [1.54, 1.807) is 0 Å². The van der Waals surface area contributed by atoms with Gasteiger partial charge in [-0.15, -0.1) is 0 Å². The third kappa shape index (κ3) is 5.41. The number of rotatable bonds is 2. The van der Waals surface area contributed by atoms with Crippen LogP contribution in [0.2, 0.25) is 0 Å². The maximum atomic E-state index is 5.86. The fourth-order valence-corrected chi connectivity index (χ4v) is 1.54. The van der Waals surface area contributed by atoms with Crippen molar-refractivity contribution in [3.8, 4) is 11.5 Å². The first-order valence-corrected chi connectivity index (χ1v) is 6.30. The molecule has 1 aromatic carbocycles. The number of ether oxygens (including phenoxy) is 2. The third-order valence-electron chi connectivity index (χ3n) is 1.79. The van der Waals surface area contributed by atoms with Crippen LogP contribution in [0.1, 0.15) is 41.5 Å². The van der Waals surface area contributed by atoms with Crippen molar-refractivity contribution in [2.24, 2.45) is 0 Å². The largest absolute Gasteiger partial charge is 0.521 e. The second-order valence-electron chi connectivity index (χ2n) is 6.09. The van der Waals surface area contributed by atoms with Crippen LogP contribution in [0.15, 0.2) is 18.2 Å². The summed E-state index contributed by atoms with van der Waals surface area (Å²) in [4.78, 5) is 0. The van der Waals surface area contributed by atoms with Crippen LogP contribution < -0.4 is 14.8 Å². The number of hydrogen-bond acceptors (Lipinski definition) is 2. The predicted octanol–water partition coefficient (Wildman–Crippen LogP) is 3.81. The molecule has 2 nitrogen and oxygen atoms in total. The van der Waals surface area contributed by atoms with E-state index in [4.69, 9.17) is 9.47 Å². The lowest BCUT2D eigenvalue weighted by atomic mass is 10.2. The van der Waals surface area contributed by atoms with Crippen LogP contribution in [0.5, 0.6) is 11.5 Å². The third-order valence-corrected chi connectivity index (χ3v) is 2.21. The van der Waals surface area contributed by atoms with Gasteiger partial charge in [0.15, 0.2) is 0 Å². The Kier molecular flexibility index (Phi) is 4.09. The predicted molar refractivity (Wildman–Crippen MR) is 75.2 cm³/mol. The summed E-state index contributed by atoms with van der Waals surface area (Å²) in [7, 11) is 3.54. The summed E-state index contributed by atoms with van der Waals surface area (Å²) >= 11 is 0. The monoisotopic (exact) mass is 253 g/mol. The quantitative estimate of drug-likeness (QED) is 0.746. The normalized spacial score (nSPS) is 12.4. The van der Waals surface area contributed by atoms with Crippen molar-refractivity contribution in [1.29, 1.82) is 0 Å². The van der Waals surface area contributed by atoms with E-state index in [2.05, 4.69) is 9.24 Å². The SMILES string of the molecule is CC(C)(C)Oc1ccc([PH-])c(OC(C)(C)C)c1. The van der Waals surface area contributed by atoms with Gasteiger partial charge in [-0.05, 0) is 47.6 Å². The highest BCUT2D eigenvalue weighted by Gasteiger charge is 2.15. The lowest BCUT2D eigenvalue weighted by Crippen LogP contribution is -2.26. The molecule has 0 saturated carbocycles. The van der Waals surface area contributed by atoms with Gasteiger partial charge in [-0.3, -0.25) is 0 Å². The first-order chi connectivity index (χ1) is 7.57. The molecular weight excluding hydrogens is 231 g/mol. The molecule has 0 aliphatic rings. The molecule has 0 spiro atoms. The molecule has 0 fully saturated rings. The first kappa shape index (κ1) is 14.3. The molecule has 0 radical (unpaired) electrons. The first-order valence-electron chi connectivity index (χ1n) is 5.80. The van der Waals surface area contributed by atoms with Crippen molar-refractivity contribution in [1.82, 2.24) is 0 Å². The van der Waals surface area contributed by atoms with Crippen molar-refractivity contribution in [2.45, 2.75) is 52.7 Å². The lowest BCUT2D eigenvalue weighted by Gasteiger charge is -2.27. The fraction of sp³-hybridized carbons (Fsp3) is 0.571. The van der Waals surface area contributed by atoms with E-state index in [-0.39, 0.29) is 11.2 Å². The van der Waals surface area contributed by atoms with Gasteiger partial charge in [0.2, 0.25) is 0 Å². The molecule has 0 unspecified atom stereocenters. The molecule has 0 N–H and O–H groups in total. The van der Waals surface area contributed by atoms with Crippen molar-refractivity contribution >= 4 is 14.5 Å². The van der Waals surface area contributed by atoms with E-state index >= 15 is 0 Å². The molecule has 17 heavy (non-hydrogen) atoms. The molecular formula is C14H22O2P-. The lowest BCUT2D eigenvalue weighted by molar-refractivity contribution is 0.122. The zero-order valence-electron chi connectivity index (χ0n) is 11.5. The Balaban J connectivity index is 2.95. The van der Waals surface area contributed by atoms with Gasteiger partial charge in [0.05, 0.1) is 5.75 Å². The van der Waals surface area contributed by atoms with Crippen LogP contribution in [-0.2, 0) is 0 Å². The summed E-state index contributed by atoms with van der Waals surface area (Å²) in [5.74, 6) is 1.62. The zero-order valence-corrected chi connectivity index (χ0v) is 12.5. The van der Waals surface area contributed by atoms with Gasteiger partial charge in [-0.2, -0.15) is 5.30 Å². The van der Waals surface area contributed by atoms with Gasteiger partial charge < -0.3 is 18.7 Å². The Morgan fingerprint density at radius 2 is 1.41 bits per heavy atom. The standard InChI is InChI=1S/C14H22O2P/c1-13(2,3)15-10-7-8-12(17)11(9-10)16-14(4,5)6/h7-9,17H,1-6H3/q-1. The molecule has 0 saturated heterocycles. The molecule has 0 bridgehead atoms. The maximum Gasteiger partial charge on any atom is 0.123 e. The molecule has 0 atom stereocenters. The zero-order chi connectivity index (χ0) is 13.3. The van der Waals surface area contributed by atoms with Crippen LogP contribution in [0.4, 0.5) is 0 Å². The smallest absolute Gasteiger partial charge is 0.123 e. The second kappa shape index (κ2) is 4.86. The Bertz CT molecular complexity index is 386.